The second kappa shape index (κ2) is 8.57. The van der Waals surface area contributed by atoms with Gasteiger partial charge in [0, 0.05) is 38.9 Å². The van der Waals surface area contributed by atoms with Crippen LogP contribution in [0.5, 0.6) is 0 Å². The quantitative estimate of drug-likeness (QED) is 0.866. The molecule has 0 bridgehead atoms. The Hall–Kier alpha value is -2.24. The number of anilines is 1. The monoisotopic (exact) mass is 338 g/mol. The number of piperazine rings is 1. The molecular formula is C19H22N4S. The van der Waals surface area contributed by atoms with Gasteiger partial charge in [-0.2, -0.15) is 0 Å². The van der Waals surface area contributed by atoms with Crippen LogP contribution in [0.2, 0.25) is 0 Å². The molecule has 0 atom stereocenters. The van der Waals surface area contributed by atoms with E-state index in [0.29, 0.717) is 0 Å². The number of nitrogens with zero attached hydrogens (tertiary/aromatic N) is 3. The highest BCUT2D eigenvalue weighted by atomic mass is 32.1. The predicted octanol–water partition coefficient (Wildman–Crippen LogP) is 3.11. The van der Waals surface area contributed by atoms with Crippen LogP contribution in [0.25, 0.3) is 6.08 Å². The van der Waals surface area contributed by atoms with Gasteiger partial charge in [0.25, 0.3) is 0 Å². The Morgan fingerprint density at radius 2 is 1.88 bits per heavy atom. The summed E-state index contributed by atoms with van der Waals surface area (Å²) < 4.78 is 0. The molecule has 1 N–H and O–H groups in total. The minimum Gasteiger partial charge on any atom is -0.346 e. The van der Waals surface area contributed by atoms with E-state index >= 15 is 0 Å². The van der Waals surface area contributed by atoms with Gasteiger partial charge >= 0.3 is 0 Å². The van der Waals surface area contributed by atoms with Gasteiger partial charge in [-0.05, 0) is 29.9 Å². The second-order valence-corrected chi connectivity index (χ2v) is 6.16. The van der Waals surface area contributed by atoms with E-state index in [4.69, 9.17) is 12.2 Å². The van der Waals surface area contributed by atoms with Crippen molar-refractivity contribution in [2.24, 2.45) is 0 Å². The molecule has 1 aromatic carbocycles. The number of thiocarbonyl (C=S) groups is 1. The first kappa shape index (κ1) is 16.6. The standard InChI is InChI=1S/C19H22N4S/c24-19(21-18-9-4-10-20-16-18)23-14-12-22(13-15-23)11-5-8-17-6-2-1-3-7-17/h1-10,16H,11-15H2,(H,21,24). The Kier molecular flexibility index (Phi) is 5.93. The molecule has 4 nitrogen and oxygen atoms in total. The third-order valence-corrected chi connectivity index (χ3v) is 4.41. The molecule has 3 rings (SSSR count). The predicted molar refractivity (Wildman–Crippen MR) is 104 cm³/mol. The van der Waals surface area contributed by atoms with Crippen LogP contribution in [0.15, 0.2) is 60.9 Å². The maximum Gasteiger partial charge on any atom is 0.173 e. The van der Waals surface area contributed by atoms with Crippen molar-refractivity contribution in [3.05, 3.63) is 66.5 Å². The number of aromatic nitrogens is 1. The van der Waals surface area contributed by atoms with Crippen LogP contribution in [-0.2, 0) is 0 Å². The summed E-state index contributed by atoms with van der Waals surface area (Å²) in [6.07, 6.45) is 7.96. The smallest absolute Gasteiger partial charge is 0.173 e. The number of hydrogen-bond acceptors (Lipinski definition) is 3. The van der Waals surface area contributed by atoms with Crippen LogP contribution in [-0.4, -0.2) is 52.6 Å². The zero-order chi connectivity index (χ0) is 16.6. The maximum absolute atomic E-state index is 5.50. The van der Waals surface area contributed by atoms with Crippen molar-refractivity contribution in [2.45, 2.75) is 0 Å². The fraction of sp³-hybridized carbons (Fsp3) is 0.263. The van der Waals surface area contributed by atoms with Crippen molar-refractivity contribution in [1.82, 2.24) is 14.8 Å². The van der Waals surface area contributed by atoms with Crippen molar-refractivity contribution in [3.8, 4) is 0 Å². The van der Waals surface area contributed by atoms with Gasteiger partial charge < -0.3 is 10.2 Å². The van der Waals surface area contributed by atoms with Crippen LogP contribution in [0.4, 0.5) is 5.69 Å². The molecule has 0 unspecified atom stereocenters. The van der Waals surface area contributed by atoms with Crippen LogP contribution in [0.1, 0.15) is 5.56 Å². The largest absolute Gasteiger partial charge is 0.346 e. The molecular weight excluding hydrogens is 316 g/mol. The topological polar surface area (TPSA) is 31.4 Å². The molecule has 1 fully saturated rings. The van der Waals surface area contributed by atoms with E-state index in [-0.39, 0.29) is 0 Å². The lowest BCUT2D eigenvalue weighted by Gasteiger charge is -2.35. The molecule has 24 heavy (non-hydrogen) atoms. The van der Waals surface area contributed by atoms with Crippen molar-refractivity contribution < 1.29 is 0 Å². The van der Waals surface area contributed by atoms with E-state index in [1.807, 2.05) is 18.2 Å². The van der Waals surface area contributed by atoms with Gasteiger partial charge in [0.05, 0.1) is 11.9 Å². The summed E-state index contributed by atoms with van der Waals surface area (Å²) in [6.45, 7) is 4.92. The first-order valence-electron chi connectivity index (χ1n) is 8.21. The maximum atomic E-state index is 5.50. The van der Waals surface area contributed by atoms with Gasteiger partial charge in [-0.3, -0.25) is 9.88 Å². The Balaban J connectivity index is 1.42. The number of benzene rings is 1. The summed E-state index contributed by atoms with van der Waals surface area (Å²) in [5, 5.41) is 4.03. The van der Waals surface area contributed by atoms with Gasteiger partial charge in [-0.25, -0.2) is 0 Å². The molecule has 1 aliphatic rings. The summed E-state index contributed by atoms with van der Waals surface area (Å²) in [7, 11) is 0. The summed E-state index contributed by atoms with van der Waals surface area (Å²) in [5.41, 5.74) is 2.19. The van der Waals surface area contributed by atoms with E-state index in [1.165, 1.54) is 5.56 Å². The Morgan fingerprint density at radius 3 is 2.58 bits per heavy atom. The second-order valence-electron chi connectivity index (χ2n) is 5.77. The summed E-state index contributed by atoms with van der Waals surface area (Å²) >= 11 is 5.50. The minimum absolute atomic E-state index is 0.780. The number of hydrogen-bond donors (Lipinski definition) is 1. The van der Waals surface area contributed by atoms with Crippen LogP contribution < -0.4 is 5.32 Å². The van der Waals surface area contributed by atoms with E-state index in [2.05, 4.69) is 56.5 Å². The molecule has 0 aliphatic carbocycles. The molecule has 0 radical (unpaired) electrons. The van der Waals surface area contributed by atoms with Gasteiger partial charge in [0.2, 0.25) is 0 Å². The van der Waals surface area contributed by atoms with E-state index < -0.39 is 0 Å². The molecule has 1 aromatic heterocycles. The van der Waals surface area contributed by atoms with Crippen LogP contribution in [0, 0.1) is 0 Å². The van der Waals surface area contributed by atoms with Crippen LogP contribution >= 0.6 is 12.2 Å². The zero-order valence-corrected chi connectivity index (χ0v) is 14.5. The number of rotatable bonds is 4. The Bertz CT molecular complexity index is 664. The van der Waals surface area contributed by atoms with Crippen molar-refractivity contribution in [3.63, 3.8) is 0 Å². The average Bonchev–Trinajstić information content (AvgIpc) is 2.64. The zero-order valence-electron chi connectivity index (χ0n) is 13.6. The van der Waals surface area contributed by atoms with Gasteiger partial charge in [0.1, 0.15) is 0 Å². The first-order chi connectivity index (χ1) is 11.8. The fourth-order valence-corrected chi connectivity index (χ4v) is 2.98. The fourth-order valence-electron chi connectivity index (χ4n) is 2.67. The summed E-state index contributed by atoms with van der Waals surface area (Å²) in [6, 6.07) is 14.3. The molecule has 1 saturated heterocycles. The number of nitrogens with one attached hydrogen (secondary N) is 1. The van der Waals surface area contributed by atoms with E-state index in [9.17, 15) is 0 Å². The summed E-state index contributed by atoms with van der Waals surface area (Å²) in [4.78, 5) is 8.77. The molecule has 124 valence electrons. The number of pyridine rings is 1. The highest BCUT2D eigenvalue weighted by Crippen LogP contribution is 2.08. The van der Waals surface area contributed by atoms with Crippen molar-refractivity contribution in [1.29, 1.82) is 0 Å². The SMILES string of the molecule is S=C(Nc1cccnc1)N1CCN(CC=Cc2ccccc2)CC1. The highest BCUT2D eigenvalue weighted by molar-refractivity contribution is 7.80. The highest BCUT2D eigenvalue weighted by Gasteiger charge is 2.18. The summed E-state index contributed by atoms with van der Waals surface area (Å²) in [5.74, 6) is 0. The van der Waals surface area contributed by atoms with Gasteiger partial charge in [-0.15, -0.1) is 0 Å². The van der Waals surface area contributed by atoms with Crippen molar-refractivity contribution >= 4 is 29.1 Å². The Morgan fingerprint density at radius 1 is 1.08 bits per heavy atom. The molecule has 0 amide bonds. The lowest BCUT2D eigenvalue weighted by atomic mass is 10.2. The lowest BCUT2D eigenvalue weighted by molar-refractivity contribution is 0.200. The van der Waals surface area contributed by atoms with Gasteiger partial charge in [-0.1, -0.05) is 42.5 Å². The minimum atomic E-state index is 0.780. The van der Waals surface area contributed by atoms with Gasteiger partial charge in [0.15, 0.2) is 5.11 Å². The van der Waals surface area contributed by atoms with E-state index in [0.717, 1.165) is 43.5 Å². The lowest BCUT2D eigenvalue weighted by Crippen LogP contribution is -2.49. The third kappa shape index (κ3) is 4.88. The Labute approximate surface area is 148 Å². The molecule has 0 saturated carbocycles. The van der Waals surface area contributed by atoms with Crippen LogP contribution in [0.3, 0.4) is 0 Å². The molecule has 5 heteroatoms. The van der Waals surface area contributed by atoms with E-state index in [1.54, 1.807) is 12.4 Å². The third-order valence-electron chi connectivity index (χ3n) is 4.05. The molecule has 0 spiro atoms. The van der Waals surface area contributed by atoms with Crippen molar-refractivity contribution in [2.75, 3.05) is 38.0 Å². The molecule has 1 aliphatic heterocycles. The molecule has 2 heterocycles. The molecule has 2 aromatic rings. The first-order valence-corrected chi connectivity index (χ1v) is 8.62. The average molecular weight is 338 g/mol. The normalized spacial score (nSPS) is 15.6.